The van der Waals surface area contributed by atoms with Gasteiger partial charge in [-0.1, -0.05) is 27.7 Å². The number of carboxylic acid groups (broad SMARTS) is 1. The van der Waals surface area contributed by atoms with E-state index in [4.69, 9.17) is 9.84 Å². The highest BCUT2D eigenvalue weighted by Gasteiger charge is 2.61. The molecule has 2 fully saturated rings. The maximum atomic E-state index is 11.1. The van der Waals surface area contributed by atoms with Crippen LogP contribution in [0, 0.1) is 16.7 Å². The molecule has 4 heteroatoms. The number of fused-ring (bicyclic) bond motifs is 2. The number of rotatable bonds is 6. The molecule has 2 bridgehead atoms. The number of nitrogens with one attached hydrogen (secondary N) is 1. The molecule has 0 aromatic rings. The van der Waals surface area contributed by atoms with Crippen LogP contribution in [0.5, 0.6) is 0 Å². The number of ether oxygens (including phenoxy) is 1. The first-order valence-electron chi connectivity index (χ1n) is 7.40. The third kappa shape index (κ3) is 2.29. The van der Waals surface area contributed by atoms with E-state index in [1.165, 1.54) is 12.8 Å². The zero-order chi connectivity index (χ0) is 14.3. The zero-order valence-electron chi connectivity index (χ0n) is 12.5. The summed E-state index contributed by atoms with van der Waals surface area (Å²) in [6, 6.07) is -0.587. The van der Waals surface area contributed by atoms with Crippen LogP contribution in [-0.2, 0) is 9.53 Å². The van der Waals surface area contributed by atoms with Crippen LogP contribution in [0.3, 0.4) is 0 Å². The van der Waals surface area contributed by atoms with Crippen molar-refractivity contribution in [2.75, 3.05) is 13.2 Å². The Hall–Kier alpha value is -0.610. The standard InChI is InChI=1S/C15H27NO3/c1-5-16-11(13(17)18)9-19-12-8-10-6-7-15(12,4)14(10,2)3/h10-12,16H,5-9H2,1-4H3,(H,17,18). The van der Waals surface area contributed by atoms with Gasteiger partial charge in [0.05, 0.1) is 12.7 Å². The van der Waals surface area contributed by atoms with Gasteiger partial charge in [-0.3, -0.25) is 4.79 Å². The molecule has 2 saturated carbocycles. The molecule has 19 heavy (non-hydrogen) atoms. The lowest BCUT2D eigenvalue weighted by Gasteiger charge is -2.39. The Morgan fingerprint density at radius 1 is 1.47 bits per heavy atom. The van der Waals surface area contributed by atoms with Crippen LogP contribution in [0.25, 0.3) is 0 Å². The van der Waals surface area contributed by atoms with E-state index in [0.29, 0.717) is 12.0 Å². The van der Waals surface area contributed by atoms with E-state index in [2.05, 4.69) is 26.1 Å². The smallest absolute Gasteiger partial charge is 0.323 e. The second kappa shape index (κ2) is 5.06. The molecule has 2 rings (SSSR count). The first-order chi connectivity index (χ1) is 8.83. The van der Waals surface area contributed by atoms with Crippen LogP contribution < -0.4 is 5.32 Å². The minimum absolute atomic E-state index is 0.201. The summed E-state index contributed by atoms with van der Waals surface area (Å²) in [4.78, 5) is 11.1. The van der Waals surface area contributed by atoms with Gasteiger partial charge in [0.2, 0.25) is 0 Å². The summed E-state index contributed by atoms with van der Waals surface area (Å²) in [7, 11) is 0. The Kier molecular flexibility index (Phi) is 3.94. The predicted octanol–water partition coefficient (Wildman–Crippen LogP) is 2.28. The predicted molar refractivity (Wildman–Crippen MR) is 74.1 cm³/mol. The van der Waals surface area contributed by atoms with E-state index in [-0.39, 0.29) is 18.1 Å². The molecule has 110 valence electrons. The molecular weight excluding hydrogens is 242 g/mol. The third-order valence-corrected chi connectivity index (χ3v) is 5.93. The fourth-order valence-corrected chi connectivity index (χ4v) is 4.06. The molecule has 0 spiro atoms. The van der Waals surface area contributed by atoms with Crippen molar-refractivity contribution < 1.29 is 14.6 Å². The van der Waals surface area contributed by atoms with E-state index in [1.807, 2.05) is 6.92 Å². The van der Waals surface area contributed by atoms with Gasteiger partial charge in [-0.05, 0) is 42.6 Å². The number of aliphatic carboxylic acids is 1. The topological polar surface area (TPSA) is 58.6 Å². The van der Waals surface area contributed by atoms with Crippen LogP contribution in [0.1, 0.15) is 47.0 Å². The highest BCUT2D eigenvalue weighted by molar-refractivity contribution is 5.73. The molecule has 0 heterocycles. The molecule has 0 amide bonds. The molecule has 0 aromatic carbocycles. The van der Waals surface area contributed by atoms with Gasteiger partial charge < -0.3 is 15.2 Å². The van der Waals surface area contributed by atoms with Crippen LogP contribution in [-0.4, -0.2) is 36.4 Å². The molecule has 2 aliphatic carbocycles. The first-order valence-corrected chi connectivity index (χ1v) is 7.40. The highest BCUT2D eigenvalue weighted by atomic mass is 16.5. The van der Waals surface area contributed by atoms with Crippen LogP contribution >= 0.6 is 0 Å². The van der Waals surface area contributed by atoms with Gasteiger partial charge in [0.15, 0.2) is 0 Å². The fourth-order valence-electron chi connectivity index (χ4n) is 4.06. The van der Waals surface area contributed by atoms with Gasteiger partial charge in [-0.2, -0.15) is 0 Å². The Bertz CT molecular complexity index is 355. The summed E-state index contributed by atoms with van der Waals surface area (Å²) in [6.07, 6.45) is 3.79. The van der Waals surface area contributed by atoms with Crippen LogP contribution in [0.4, 0.5) is 0 Å². The maximum Gasteiger partial charge on any atom is 0.323 e. The summed E-state index contributed by atoms with van der Waals surface area (Å²) in [5.74, 6) is -0.0978. The monoisotopic (exact) mass is 269 g/mol. The molecule has 0 saturated heterocycles. The second-order valence-corrected chi connectivity index (χ2v) is 6.88. The van der Waals surface area contributed by atoms with Crippen molar-refractivity contribution in [2.24, 2.45) is 16.7 Å². The molecule has 4 nitrogen and oxygen atoms in total. The molecule has 4 unspecified atom stereocenters. The van der Waals surface area contributed by atoms with Crippen molar-refractivity contribution in [1.29, 1.82) is 0 Å². The Balaban J connectivity index is 1.96. The van der Waals surface area contributed by atoms with E-state index < -0.39 is 12.0 Å². The Labute approximate surface area is 115 Å². The van der Waals surface area contributed by atoms with Gasteiger partial charge in [0.1, 0.15) is 6.04 Å². The van der Waals surface area contributed by atoms with Crippen molar-refractivity contribution >= 4 is 5.97 Å². The first kappa shape index (κ1) is 14.8. The SMILES string of the molecule is CCNC(COC1CC2CCC1(C)C2(C)C)C(=O)O. The van der Waals surface area contributed by atoms with Crippen LogP contribution in [0.15, 0.2) is 0 Å². The largest absolute Gasteiger partial charge is 0.480 e. The van der Waals surface area contributed by atoms with Gasteiger partial charge in [0.25, 0.3) is 0 Å². The number of hydrogen-bond donors (Lipinski definition) is 2. The van der Waals surface area contributed by atoms with Crippen LogP contribution in [0.2, 0.25) is 0 Å². The average molecular weight is 269 g/mol. The minimum atomic E-state index is -0.825. The lowest BCUT2D eigenvalue weighted by molar-refractivity contribution is -0.143. The molecule has 0 radical (unpaired) electrons. The zero-order valence-corrected chi connectivity index (χ0v) is 12.5. The molecule has 0 aromatic heterocycles. The van der Waals surface area contributed by atoms with Crippen molar-refractivity contribution in [3.63, 3.8) is 0 Å². The van der Waals surface area contributed by atoms with E-state index in [9.17, 15) is 4.79 Å². The van der Waals surface area contributed by atoms with Gasteiger partial charge in [-0.15, -0.1) is 0 Å². The van der Waals surface area contributed by atoms with Crippen molar-refractivity contribution in [3.05, 3.63) is 0 Å². The molecule has 2 aliphatic rings. The molecule has 4 atom stereocenters. The van der Waals surface area contributed by atoms with Crippen molar-refractivity contribution in [3.8, 4) is 0 Å². The quantitative estimate of drug-likeness (QED) is 0.776. The number of hydrogen-bond acceptors (Lipinski definition) is 3. The van der Waals surface area contributed by atoms with Crippen molar-refractivity contribution in [2.45, 2.75) is 59.1 Å². The average Bonchev–Trinajstić information content (AvgIpc) is 2.66. The van der Waals surface area contributed by atoms with Crippen molar-refractivity contribution in [1.82, 2.24) is 5.32 Å². The number of likely N-dealkylation sites (N-methyl/N-ethyl adjacent to an activating group) is 1. The third-order valence-electron chi connectivity index (χ3n) is 5.93. The van der Waals surface area contributed by atoms with Gasteiger partial charge in [0, 0.05) is 0 Å². The summed E-state index contributed by atoms with van der Waals surface area (Å²) in [5, 5.41) is 12.1. The summed E-state index contributed by atoms with van der Waals surface area (Å²) in [6.45, 7) is 9.83. The second-order valence-electron chi connectivity index (χ2n) is 6.88. The lowest BCUT2D eigenvalue weighted by Crippen LogP contribution is -2.44. The summed E-state index contributed by atoms with van der Waals surface area (Å²) >= 11 is 0. The Morgan fingerprint density at radius 2 is 2.16 bits per heavy atom. The highest BCUT2D eigenvalue weighted by Crippen LogP contribution is 2.66. The number of carboxylic acids is 1. The fraction of sp³-hybridized carbons (Fsp3) is 0.933. The number of carbonyl (C=O) groups is 1. The van der Waals surface area contributed by atoms with Gasteiger partial charge >= 0.3 is 5.97 Å². The summed E-state index contributed by atoms with van der Waals surface area (Å²) < 4.78 is 6.01. The summed E-state index contributed by atoms with van der Waals surface area (Å²) in [5.41, 5.74) is 0.515. The van der Waals surface area contributed by atoms with E-state index >= 15 is 0 Å². The lowest BCUT2D eigenvalue weighted by atomic mass is 9.70. The van der Waals surface area contributed by atoms with E-state index in [0.717, 1.165) is 12.3 Å². The molecular formula is C15H27NO3. The van der Waals surface area contributed by atoms with E-state index in [1.54, 1.807) is 0 Å². The normalized spacial score (nSPS) is 37.5. The maximum absolute atomic E-state index is 11.1. The minimum Gasteiger partial charge on any atom is -0.480 e. The van der Waals surface area contributed by atoms with Gasteiger partial charge in [-0.25, -0.2) is 0 Å². The molecule has 2 N–H and O–H groups in total. The molecule has 0 aliphatic heterocycles. The Morgan fingerprint density at radius 3 is 2.58 bits per heavy atom.